The second-order valence-corrected chi connectivity index (χ2v) is 8.01. The van der Waals surface area contributed by atoms with Gasteiger partial charge in [0.15, 0.2) is 0 Å². The number of likely N-dealkylation sites (tertiary alicyclic amines) is 1. The van der Waals surface area contributed by atoms with Gasteiger partial charge in [0.05, 0.1) is 17.9 Å². The van der Waals surface area contributed by atoms with Crippen LogP contribution in [-0.4, -0.2) is 29.2 Å². The number of amides is 3. The molecule has 1 N–H and O–H groups in total. The van der Waals surface area contributed by atoms with Gasteiger partial charge in [-0.05, 0) is 36.5 Å². The minimum Gasteiger partial charge on any atom is -0.350 e. The van der Waals surface area contributed by atoms with E-state index in [0.717, 1.165) is 16.7 Å². The summed E-state index contributed by atoms with van der Waals surface area (Å²) < 4.78 is 0. The van der Waals surface area contributed by atoms with Gasteiger partial charge in [0.2, 0.25) is 17.7 Å². The van der Waals surface area contributed by atoms with Gasteiger partial charge in [0, 0.05) is 13.0 Å². The van der Waals surface area contributed by atoms with Crippen molar-refractivity contribution < 1.29 is 14.4 Å². The van der Waals surface area contributed by atoms with Crippen LogP contribution in [0.1, 0.15) is 37.8 Å². The highest BCUT2D eigenvalue weighted by Gasteiger charge is 2.46. The normalized spacial score (nSPS) is 21.4. The zero-order valence-corrected chi connectivity index (χ0v) is 17.1. The molecule has 0 bridgehead atoms. The first-order valence-corrected chi connectivity index (χ1v) is 10.5. The summed E-state index contributed by atoms with van der Waals surface area (Å²) in [6.07, 6.45) is 5.29. The molecular weight excluding hydrogens is 376 g/mol. The molecule has 2 aromatic carbocycles. The van der Waals surface area contributed by atoms with Crippen LogP contribution in [0.25, 0.3) is 11.1 Å². The van der Waals surface area contributed by atoms with E-state index >= 15 is 0 Å². The number of rotatable bonds is 6. The van der Waals surface area contributed by atoms with Crippen molar-refractivity contribution in [3.63, 3.8) is 0 Å². The summed E-state index contributed by atoms with van der Waals surface area (Å²) in [5.41, 5.74) is 3.28. The van der Waals surface area contributed by atoms with Crippen LogP contribution < -0.4 is 5.32 Å². The van der Waals surface area contributed by atoms with E-state index in [0.29, 0.717) is 12.8 Å². The lowest BCUT2D eigenvalue weighted by Crippen LogP contribution is -2.36. The Balaban J connectivity index is 1.31. The Kier molecular flexibility index (Phi) is 5.79. The second kappa shape index (κ2) is 8.66. The fourth-order valence-electron chi connectivity index (χ4n) is 4.29. The number of allylic oxidation sites excluding steroid dienone is 2. The number of hydrogen-bond acceptors (Lipinski definition) is 3. The fourth-order valence-corrected chi connectivity index (χ4v) is 4.29. The van der Waals surface area contributed by atoms with Gasteiger partial charge < -0.3 is 5.32 Å². The Labute approximate surface area is 176 Å². The molecule has 3 atom stereocenters. The maximum Gasteiger partial charge on any atom is 0.233 e. The van der Waals surface area contributed by atoms with E-state index < -0.39 is 0 Å². The average molecular weight is 402 g/mol. The monoisotopic (exact) mass is 402 g/mol. The predicted octanol–water partition coefficient (Wildman–Crippen LogP) is 3.87. The Bertz CT molecular complexity index is 940. The van der Waals surface area contributed by atoms with Crippen molar-refractivity contribution in [1.82, 2.24) is 10.2 Å². The number of benzene rings is 2. The van der Waals surface area contributed by atoms with Gasteiger partial charge in [-0.15, -0.1) is 0 Å². The summed E-state index contributed by atoms with van der Waals surface area (Å²) in [4.78, 5) is 38.7. The SMILES string of the molecule is C[C@@H](NC(=O)CCN1C(=O)[C@H]2CC=CC[C@@H]2C1=O)c1ccc(-c2ccccc2)cc1. The largest absolute Gasteiger partial charge is 0.350 e. The molecule has 0 unspecified atom stereocenters. The highest BCUT2D eigenvalue weighted by atomic mass is 16.2. The molecule has 154 valence electrons. The van der Waals surface area contributed by atoms with Gasteiger partial charge >= 0.3 is 0 Å². The van der Waals surface area contributed by atoms with E-state index in [1.54, 1.807) is 0 Å². The van der Waals surface area contributed by atoms with Crippen LogP contribution in [0.5, 0.6) is 0 Å². The fraction of sp³-hybridized carbons (Fsp3) is 0.320. The molecule has 0 saturated carbocycles. The average Bonchev–Trinajstić information content (AvgIpc) is 3.03. The molecule has 30 heavy (non-hydrogen) atoms. The number of imide groups is 1. The maximum atomic E-state index is 12.5. The van der Waals surface area contributed by atoms with E-state index in [1.165, 1.54) is 4.90 Å². The van der Waals surface area contributed by atoms with Crippen molar-refractivity contribution in [1.29, 1.82) is 0 Å². The molecule has 0 radical (unpaired) electrons. The highest BCUT2D eigenvalue weighted by Crippen LogP contribution is 2.35. The molecular formula is C25H26N2O3. The number of carbonyl (C=O) groups excluding carboxylic acids is 3. The summed E-state index contributed by atoms with van der Waals surface area (Å²) in [6, 6.07) is 18.1. The Morgan fingerprint density at radius 1 is 0.933 bits per heavy atom. The van der Waals surface area contributed by atoms with Crippen LogP contribution in [0.4, 0.5) is 0 Å². The maximum absolute atomic E-state index is 12.5. The quantitative estimate of drug-likeness (QED) is 0.589. The molecule has 2 aliphatic rings. The molecule has 5 nitrogen and oxygen atoms in total. The van der Waals surface area contributed by atoms with Gasteiger partial charge in [-0.2, -0.15) is 0 Å². The highest BCUT2D eigenvalue weighted by molar-refractivity contribution is 6.05. The van der Waals surface area contributed by atoms with Crippen molar-refractivity contribution in [2.24, 2.45) is 11.8 Å². The molecule has 4 rings (SSSR count). The Hall–Kier alpha value is -3.21. The van der Waals surface area contributed by atoms with Crippen molar-refractivity contribution in [3.05, 3.63) is 72.3 Å². The van der Waals surface area contributed by atoms with Crippen LogP contribution in [0.3, 0.4) is 0 Å². The molecule has 1 aliphatic carbocycles. The first-order chi connectivity index (χ1) is 14.5. The number of nitrogens with zero attached hydrogens (tertiary/aromatic N) is 1. The molecule has 5 heteroatoms. The van der Waals surface area contributed by atoms with Crippen LogP contribution in [0, 0.1) is 11.8 Å². The number of nitrogens with one attached hydrogen (secondary N) is 1. The summed E-state index contributed by atoms with van der Waals surface area (Å²) >= 11 is 0. The minimum absolute atomic E-state index is 0.122. The third kappa shape index (κ3) is 4.06. The zero-order chi connectivity index (χ0) is 21.1. The first-order valence-electron chi connectivity index (χ1n) is 10.5. The lowest BCUT2D eigenvalue weighted by atomic mass is 9.85. The van der Waals surface area contributed by atoms with E-state index in [1.807, 2.05) is 61.5 Å². The topological polar surface area (TPSA) is 66.5 Å². The van der Waals surface area contributed by atoms with Gasteiger partial charge in [0.25, 0.3) is 0 Å². The second-order valence-electron chi connectivity index (χ2n) is 8.01. The van der Waals surface area contributed by atoms with E-state index in [4.69, 9.17) is 0 Å². The van der Waals surface area contributed by atoms with E-state index in [9.17, 15) is 14.4 Å². The summed E-state index contributed by atoms with van der Waals surface area (Å²) in [6.45, 7) is 2.08. The number of hydrogen-bond donors (Lipinski definition) is 1. The summed E-state index contributed by atoms with van der Waals surface area (Å²) in [5.74, 6) is -0.915. The van der Waals surface area contributed by atoms with Crippen molar-refractivity contribution in [2.45, 2.75) is 32.2 Å². The molecule has 1 heterocycles. The molecule has 1 saturated heterocycles. The molecule has 3 amide bonds. The molecule has 1 fully saturated rings. The zero-order valence-electron chi connectivity index (χ0n) is 17.1. The molecule has 1 aliphatic heterocycles. The predicted molar refractivity (Wildman–Crippen MR) is 115 cm³/mol. The Morgan fingerprint density at radius 2 is 1.50 bits per heavy atom. The smallest absolute Gasteiger partial charge is 0.233 e. The standard InChI is InChI=1S/C25H26N2O3/c1-17(18-11-13-20(14-12-18)19-7-3-2-4-8-19)26-23(28)15-16-27-24(29)21-9-5-6-10-22(21)25(27)30/h2-8,11-14,17,21-22H,9-10,15-16H2,1H3,(H,26,28)/t17-,21+,22+/m1/s1. The van der Waals surface area contributed by atoms with E-state index in [2.05, 4.69) is 17.4 Å². The first kappa shape index (κ1) is 20.1. The van der Waals surface area contributed by atoms with Gasteiger partial charge in [-0.3, -0.25) is 19.3 Å². The minimum atomic E-state index is -0.243. The summed E-state index contributed by atoms with van der Waals surface area (Å²) in [7, 11) is 0. The Morgan fingerprint density at radius 3 is 2.10 bits per heavy atom. The molecule has 0 aromatic heterocycles. The number of carbonyl (C=O) groups is 3. The van der Waals surface area contributed by atoms with Crippen molar-refractivity contribution >= 4 is 17.7 Å². The number of fused-ring (bicyclic) bond motifs is 1. The van der Waals surface area contributed by atoms with Crippen molar-refractivity contribution in [3.8, 4) is 11.1 Å². The van der Waals surface area contributed by atoms with Crippen LogP contribution in [0.15, 0.2) is 66.7 Å². The third-order valence-corrected chi connectivity index (χ3v) is 6.06. The third-order valence-electron chi connectivity index (χ3n) is 6.06. The van der Waals surface area contributed by atoms with Crippen molar-refractivity contribution in [2.75, 3.05) is 6.54 Å². The van der Waals surface area contributed by atoms with E-state index in [-0.39, 0.29) is 48.6 Å². The van der Waals surface area contributed by atoms with Gasteiger partial charge in [-0.25, -0.2) is 0 Å². The van der Waals surface area contributed by atoms with Crippen LogP contribution in [0.2, 0.25) is 0 Å². The molecule has 0 spiro atoms. The van der Waals surface area contributed by atoms with Gasteiger partial charge in [-0.1, -0.05) is 66.7 Å². The summed E-state index contributed by atoms with van der Waals surface area (Å²) in [5, 5.41) is 2.97. The van der Waals surface area contributed by atoms with Gasteiger partial charge in [0.1, 0.15) is 0 Å². The lowest BCUT2D eigenvalue weighted by Gasteiger charge is -2.17. The van der Waals surface area contributed by atoms with Crippen LogP contribution >= 0.6 is 0 Å². The lowest BCUT2D eigenvalue weighted by molar-refractivity contribution is -0.140. The van der Waals surface area contributed by atoms with Crippen LogP contribution in [-0.2, 0) is 14.4 Å². The molecule has 2 aromatic rings.